The van der Waals surface area contributed by atoms with Crippen molar-refractivity contribution in [2.24, 2.45) is 0 Å². The lowest BCUT2D eigenvalue weighted by molar-refractivity contribution is 0.0697. The second-order valence-electron chi connectivity index (χ2n) is 1.66. The van der Waals surface area contributed by atoms with Gasteiger partial charge in [0.15, 0.2) is 0 Å². The molecule has 4 heteroatoms. The van der Waals surface area contributed by atoms with Crippen molar-refractivity contribution >= 4 is 29.1 Å². The van der Waals surface area contributed by atoms with Crippen LogP contribution in [0.4, 0.5) is 0 Å². The van der Waals surface area contributed by atoms with Gasteiger partial charge in [-0.05, 0) is 12.3 Å². The maximum absolute atomic E-state index is 10.3. The maximum Gasteiger partial charge on any atom is 0.336 e. The minimum atomic E-state index is -0.850. The fourth-order valence-corrected chi connectivity index (χ4v) is 1.92. The zero-order valence-corrected chi connectivity index (χ0v) is 6.96. The molecule has 0 amide bonds. The Hall–Kier alpha value is -0.480. The SMILES string of the molecule is CSc1cc(C(=O)O)cs1. The van der Waals surface area contributed by atoms with Crippen LogP contribution in [-0.2, 0) is 0 Å². The van der Waals surface area contributed by atoms with Crippen molar-refractivity contribution in [1.82, 2.24) is 0 Å². The molecule has 1 aromatic heterocycles. The van der Waals surface area contributed by atoms with E-state index in [1.54, 1.807) is 23.2 Å². The summed E-state index contributed by atoms with van der Waals surface area (Å²) in [5.74, 6) is -0.850. The number of carboxylic acid groups (broad SMARTS) is 1. The van der Waals surface area contributed by atoms with Crippen molar-refractivity contribution in [2.45, 2.75) is 4.21 Å². The topological polar surface area (TPSA) is 37.3 Å². The quantitative estimate of drug-likeness (QED) is 0.698. The van der Waals surface area contributed by atoms with Crippen LogP contribution in [-0.4, -0.2) is 17.3 Å². The minimum Gasteiger partial charge on any atom is -0.478 e. The molecule has 0 bridgehead atoms. The molecular formula is C6H6O2S2. The van der Waals surface area contributed by atoms with Crippen LogP contribution in [0.5, 0.6) is 0 Å². The van der Waals surface area contributed by atoms with Crippen LogP contribution in [0.2, 0.25) is 0 Å². The third-order valence-corrected chi connectivity index (χ3v) is 3.05. The summed E-state index contributed by atoms with van der Waals surface area (Å²) >= 11 is 3.02. The van der Waals surface area contributed by atoms with E-state index in [0.29, 0.717) is 5.56 Å². The highest BCUT2D eigenvalue weighted by molar-refractivity contribution is 8.00. The van der Waals surface area contributed by atoms with Gasteiger partial charge in [0.25, 0.3) is 0 Å². The van der Waals surface area contributed by atoms with Gasteiger partial charge in [0, 0.05) is 5.38 Å². The molecule has 54 valence electrons. The molecule has 0 fully saturated rings. The largest absolute Gasteiger partial charge is 0.478 e. The van der Waals surface area contributed by atoms with E-state index in [0.717, 1.165) is 4.21 Å². The Labute approximate surface area is 66.9 Å². The summed E-state index contributed by atoms with van der Waals surface area (Å²) in [6, 6.07) is 1.68. The molecule has 0 atom stereocenters. The second kappa shape index (κ2) is 3.07. The summed E-state index contributed by atoms with van der Waals surface area (Å²) < 4.78 is 1.04. The van der Waals surface area contributed by atoms with Crippen LogP contribution in [0.1, 0.15) is 10.4 Å². The maximum atomic E-state index is 10.3. The molecule has 1 aromatic rings. The number of aromatic carboxylic acids is 1. The summed E-state index contributed by atoms with van der Waals surface area (Å²) in [6.45, 7) is 0. The van der Waals surface area contributed by atoms with E-state index in [9.17, 15) is 4.79 Å². The molecule has 0 aliphatic rings. The Morgan fingerprint density at radius 3 is 2.80 bits per heavy atom. The van der Waals surface area contributed by atoms with Crippen LogP contribution in [0, 0.1) is 0 Å². The zero-order valence-electron chi connectivity index (χ0n) is 5.33. The molecule has 1 heterocycles. The number of carbonyl (C=O) groups is 1. The average molecular weight is 174 g/mol. The Morgan fingerprint density at radius 2 is 2.50 bits per heavy atom. The standard InChI is InChI=1S/C6H6O2S2/c1-9-5-2-4(3-10-5)6(7)8/h2-3H,1H3,(H,7,8). The first-order valence-corrected chi connectivity index (χ1v) is 4.70. The average Bonchev–Trinajstić information content (AvgIpc) is 2.34. The van der Waals surface area contributed by atoms with Gasteiger partial charge in [0.1, 0.15) is 0 Å². The van der Waals surface area contributed by atoms with Gasteiger partial charge in [0.05, 0.1) is 9.77 Å². The molecule has 1 rings (SSSR count). The first kappa shape index (κ1) is 7.63. The van der Waals surface area contributed by atoms with Crippen molar-refractivity contribution < 1.29 is 9.90 Å². The molecule has 2 nitrogen and oxygen atoms in total. The molecule has 10 heavy (non-hydrogen) atoms. The summed E-state index contributed by atoms with van der Waals surface area (Å²) in [5.41, 5.74) is 0.384. The van der Waals surface area contributed by atoms with Crippen molar-refractivity contribution in [3.05, 3.63) is 17.0 Å². The summed E-state index contributed by atoms with van der Waals surface area (Å²) in [4.78, 5) is 10.3. The highest BCUT2D eigenvalue weighted by Crippen LogP contribution is 2.23. The lowest BCUT2D eigenvalue weighted by atomic mass is 10.4. The number of hydrogen-bond acceptors (Lipinski definition) is 3. The fourth-order valence-electron chi connectivity index (χ4n) is 0.536. The van der Waals surface area contributed by atoms with Gasteiger partial charge in [-0.3, -0.25) is 0 Å². The van der Waals surface area contributed by atoms with Gasteiger partial charge in [-0.15, -0.1) is 23.1 Å². The monoisotopic (exact) mass is 174 g/mol. The fraction of sp³-hybridized carbons (Fsp3) is 0.167. The van der Waals surface area contributed by atoms with E-state index < -0.39 is 5.97 Å². The predicted molar refractivity (Wildman–Crippen MR) is 43.1 cm³/mol. The van der Waals surface area contributed by atoms with Crippen molar-refractivity contribution in [3.8, 4) is 0 Å². The third-order valence-electron chi connectivity index (χ3n) is 1.02. The molecule has 0 saturated carbocycles. The van der Waals surface area contributed by atoms with Crippen molar-refractivity contribution in [1.29, 1.82) is 0 Å². The lowest BCUT2D eigenvalue weighted by Gasteiger charge is -1.82. The highest BCUT2D eigenvalue weighted by Gasteiger charge is 2.04. The summed E-state index contributed by atoms with van der Waals surface area (Å²) in [7, 11) is 0. The van der Waals surface area contributed by atoms with Crippen LogP contribution in [0.3, 0.4) is 0 Å². The van der Waals surface area contributed by atoms with Crippen molar-refractivity contribution in [3.63, 3.8) is 0 Å². The molecule has 0 unspecified atom stereocenters. The number of thioether (sulfide) groups is 1. The van der Waals surface area contributed by atoms with E-state index in [1.165, 1.54) is 11.3 Å². The number of rotatable bonds is 2. The first-order chi connectivity index (χ1) is 4.74. The Bertz CT molecular complexity index is 242. The molecule has 1 N–H and O–H groups in total. The molecule has 0 spiro atoms. The van der Waals surface area contributed by atoms with Crippen LogP contribution in [0.25, 0.3) is 0 Å². The van der Waals surface area contributed by atoms with Gasteiger partial charge in [-0.2, -0.15) is 0 Å². The molecule has 0 aliphatic carbocycles. The summed E-state index contributed by atoms with van der Waals surface area (Å²) in [6.07, 6.45) is 1.93. The summed E-state index contributed by atoms with van der Waals surface area (Å²) in [5, 5.41) is 10.1. The Morgan fingerprint density at radius 1 is 1.80 bits per heavy atom. The van der Waals surface area contributed by atoms with Gasteiger partial charge >= 0.3 is 5.97 Å². The van der Waals surface area contributed by atoms with E-state index in [-0.39, 0.29) is 0 Å². The minimum absolute atomic E-state index is 0.384. The molecule has 0 saturated heterocycles. The highest BCUT2D eigenvalue weighted by atomic mass is 32.2. The molecule has 0 radical (unpaired) electrons. The smallest absolute Gasteiger partial charge is 0.336 e. The Balaban J connectivity index is 2.88. The van der Waals surface area contributed by atoms with Crippen molar-refractivity contribution in [2.75, 3.05) is 6.26 Å². The van der Waals surface area contributed by atoms with Gasteiger partial charge in [-0.25, -0.2) is 4.79 Å². The van der Waals surface area contributed by atoms with E-state index in [1.807, 2.05) is 6.26 Å². The number of thiophene rings is 1. The Kier molecular flexibility index (Phi) is 2.34. The van der Waals surface area contributed by atoms with Crippen LogP contribution in [0.15, 0.2) is 15.7 Å². The normalized spacial score (nSPS) is 9.70. The van der Waals surface area contributed by atoms with Crippen LogP contribution < -0.4 is 0 Å². The second-order valence-corrected chi connectivity index (χ2v) is 3.68. The van der Waals surface area contributed by atoms with E-state index >= 15 is 0 Å². The lowest BCUT2D eigenvalue weighted by Crippen LogP contribution is -1.91. The number of hydrogen-bond donors (Lipinski definition) is 1. The van der Waals surface area contributed by atoms with Crippen LogP contribution >= 0.6 is 23.1 Å². The predicted octanol–water partition coefficient (Wildman–Crippen LogP) is 2.17. The number of carboxylic acids is 1. The molecular weight excluding hydrogens is 168 g/mol. The van der Waals surface area contributed by atoms with Gasteiger partial charge in [-0.1, -0.05) is 0 Å². The molecule has 0 aliphatic heterocycles. The third kappa shape index (κ3) is 1.52. The van der Waals surface area contributed by atoms with Gasteiger partial charge in [0.2, 0.25) is 0 Å². The van der Waals surface area contributed by atoms with Gasteiger partial charge < -0.3 is 5.11 Å². The van der Waals surface area contributed by atoms with E-state index in [4.69, 9.17) is 5.11 Å². The first-order valence-electron chi connectivity index (χ1n) is 2.60. The van der Waals surface area contributed by atoms with E-state index in [2.05, 4.69) is 0 Å². The zero-order chi connectivity index (χ0) is 7.56. The molecule has 0 aromatic carbocycles.